The van der Waals surface area contributed by atoms with E-state index in [0.29, 0.717) is 13.1 Å². The molecule has 1 aromatic heterocycles. The number of hydrogen-bond donors (Lipinski definition) is 4. The number of amides is 3. The molecule has 11 nitrogen and oxygen atoms in total. The van der Waals surface area contributed by atoms with Gasteiger partial charge in [-0.1, -0.05) is 11.6 Å². The van der Waals surface area contributed by atoms with Gasteiger partial charge >= 0.3 is 11.9 Å². The summed E-state index contributed by atoms with van der Waals surface area (Å²) in [5.41, 5.74) is 15.3. The number of carbonyl (C=O) groups is 2. The van der Waals surface area contributed by atoms with Crippen LogP contribution in [0.15, 0.2) is 9.98 Å². The van der Waals surface area contributed by atoms with E-state index in [1.807, 2.05) is 0 Å². The summed E-state index contributed by atoms with van der Waals surface area (Å²) in [6, 6.07) is -0.435. The average Bonchev–Trinajstić information content (AvgIpc) is 3.01. The lowest BCUT2D eigenvalue weighted by molar-refractivity contribution is 0.0999. The van der Waals surface area contributed by atoms with E-state index < -0.39 is 11.9 Å². The molecular weight excluding hydrogens is 314 g/mol. The van der Waals surface area contributed by atoms with Gasteiger partial charge in [0.1, 0.15) is 6.34 Å². The molecule has 0 aromatic carbocycles. The predicted molar refractivity (Wildman–Crippen MR) is 80.4 cm³/mol. The predicted octanol–water partition coefficient (Wildman–Crippen LogP) is -0.979. The molecule has 2 heterocycles. The first-order chi connectivity index (χ1) is 10.5. The SMILES string of the molecule is Nc1nc(N)c(C(=O)N=CNNC(=O)N2C=NCC2)nc1Cl. The number of aliphatic imine (C=N–C) groups is 2. The van der Waals surface area contributed by atoms with Crippen molar-refractivity contribution >= 4 is 47.9 Å². The van der Waals surface area contributed by atoms with E-state index in [1.165, 1.54) is 11.2 Å². The average molecular weight is 326 g/mol. The first kappa shape index (κ1) is 15.4. The first-order valence-corrected chi connectivity index (χ1v) is 6.34. The van der Waals surface area contributed by atoms with Crippen molar-refractivity contribution in [1.82, 2.24) is 25.7 Å². The van der Waals surface area contributed by atoms with E-state index in [0.717, 1.165) is 6.34 Å². The standard InChI is InChI=1S/C10H12ClN9O2/c11-6-8(13)18-7(12)5(17-6)9(21)15-3-16-19-10(22)20-2-1-14-4-20/h3-4H,1-2H2,(H,19,22)(H4,12,13,18)(H,15,16,21). The van der Waals surface area contributed by atoms with Gasteiger partial charge in [0.05, 0.1) is 12.9 Å². The molecule has 2 rings (SSSR count). The van der Waals surface area contributed by atoms with Crippen molar-refractivity contribution in [2.24, 2.45) is 9.98 Å². The van der Waals surface area contributed by atoms with Crippen LogP contribution >= 0.6 is 11.6 Å². The smallest absolute Gasteiger partial charge is 0.341 e. The lowest BCUT2D eigenvalue weighted by Gasteiger charge is -2.11. The zero-order chi connectivity index (χ0) is 16.1. The third kappa shape index (κ3) is 3.58. The minimum atomic E-state index is -0.795. The number of hydrogen-bond acceptors (Lipinski definition) is 7. The zero-order valence-corrected chi connectivity index (χ0v) is 11.9. The van der Waals surface area contributed by atoms with Crippen LogP contribution in [0.4, 0.5) is 16.4 Å². The molecule has 0 spiro atoms. The fourth-order valence-corrected chi connectivity index (χ4v) is 1.58. The van der Waals surface area contributed by atoms with Gasteiger partial charge in [-0.15, -0.1) is 0 Å². The summed E-state index contributed by atoms with van der Waals surface area (Å²) in [5.74, 6) is -1.07. The summed E-state index contributed by atoms with van der Waals surface area (Å²) in [5, 5.41) is -0.151. The quantitative estimate of drug-likeness (QED) is 0.315. The summed E-state index contributed by atoms with van der Waals surface area (Å²) in [7, 11) is 0. The fourth-order valence-electron chi connectivity index (χ4n) is 1.45. The third-order valence-corrected chi connectivity index (χ3v) is 2.76. The molecule has 0 saturated heterocycles. The molecule has 116 valence electrons. The van der Waals surface area contributed by atoms with Crippen molar-refractivity contribution in [3.8, 4) is 0 Å². The normalized spacial score (nSPS) is 13.6. The van der Waals surface area contributed by atoms with Crippen LogP contribution in [0, 0.1) is 0 Å². The third-order valence-electron chi connectivity index (χ3n) is 2.48. The Morgan fingerprint density at radius 2 is 2.14 bits per heavy atom. The van der Waals surface area contributed by atoms with Crippen LogP contribution in [0.25, 0.3) is 0 Å². The van der Waals surface area contributed by atoms with Crippen molar-refractivity contribution < 1.29 is 9.59 Å². The molecule has 3 amide bonds. The number of halogens is 1. The number of carbonyl (C=O) groups excluding carboxylic acids is 2. The van der Waals surface area contributed by atoms with E-state index in [-0.39, 0.29) is 22.5 Å². The van der Waals surface area contributed by atoms with Crippen LogP contribution < -0.4 is 22.3 Å². The lowest BCUT2D eigenvalue weighted by atomic mass is 10.4. The monoisotopic (exact) mass is 325 g/mol. The van der Waals surface area contributed by atoms with Gasteiger partial charge in [0.25, 0.3) is 0 Å². The van der Waals surface area contributed by atoms with Crippen LogP contribution in [0.5, 0.6) is 0 Å². The highest BCUT2D eigenvalue weighted by Gasteiger charge is 2.15. The van der Waals surface area contributed by atoms with Gasteiger partial charge in [-0.3, -0.25) is 25.5 Å². The number of rotatable bonds is 3. The molecule has 6 N–H and O–H groups in total. The molecule has 1 aromatic rings. The number of hydrazine groups is 1. The molecule has 12 heteroatoms. The van der Waals surface area contributed by atoms with E-state index in [4.69, 9.17) is 23.1 Å². The molecule has 0 bridgehead atoms. The van der Waals surface area contributed by atoms with Gasteiger partial charge in [0.15, 0.2) is 22.5 Å². The minimum Gasteiger partial charge on any atom is -0.382 e. The highest BCUT2D eigenvalue weighted by molar-refractivity contribution is 6.31. The fraction of sp³-hybridized carbons (Fsp3) is 0.200. The number of nitrogen functional groups attached to an aromatic ring is 2. The number of nitrogens with one attached hydrogen (secondary N) is 2. The second kappa shape index (κ2) is 6.67. The molecule has 0 fully saturated rings. The number of urea groups is 1. The maximum absolute atomic E-state index is 11.8. The van der Waals surface area contributed by atoms with Gasteiger partial charge in [-0.05, 0) is 0 Å². The second-order valence-electron chi connectivity index (χ2n) is 3.99. The molecule has 0 atom stereocenters. The van der Waals surface area contributed by atoms with Gasteiger partial charge < -0.3 is 11.5 Å². The Labute approximate surface area is 129 Å². The molecule has 0 aliphatic carbocycles. The molecule has 0 radical (unpaired) electrons. The number of nitrogens with two attached hydrogens (primary N) is 2. The molecule has 1 aliphatic rings. The van der Waals surface area contributed by atoms with Crippen LogP contribution in [0.3, 0.4) is 0 Å². The molecule has 0 saturated carbocycles. The van der Waals surface area contributed by atoms with Gasteiger partial charge in [-0.25, -0.2) is 14.8 Å². The largest absolute Gasteiger partial charge is 0.382 e. The number of nitrogens with zero attached hydrogens (tertiary/aromatic N) is 5. The topological polar surface area (TPSA) is 164 Å². The summed E-state index contributed by atoms with van der Waals surface area (Å²) < 4.78 is 0. The lowest BCUT2D eigenvalue weighted by Crippen LogP contribution is -2.45. The minimum absolute atomic E-state index is 0.0858. The highest BCUT2D eigenvalue weighted by Crippen LogP contribution is 2.17. The Kier molecular flexibility index (Phi) is 4.68. The van der Waals surface area contributed by atoms with Crippen molar-refractivity contribution in [2.75, 3.05) is 24.6 Å². The summed E-state index contributed by atoms with van der Waals surface area (Å²) in [6.45, 7) is 1.04. The number of anilines is 2. The zero-order valence-electron chi connectivity index (χ0n) is 11.2. The van der Waals surface area contributed by atoms with Crippen LogP contribution in [-0.4, -0.2) is 52.6 Å². The maximum Gasteiger partial charge on any atom is 0.341 e. The van der Waals surface area contributed by atoms with E-state index in [2.05, 4.69) is 30.8 Å². The van der Waals surface area contributed by atoms with Crippen molar-refractivity contribution in [3.05, 3.63) is 10.8 Å². The second-order valence-corrected chi connectivity index (χ2v) is 4.34. The van der Waals surface area contributed by atoms with Crippen LogP contribution in [-0.2, 0) is 0 Å². The van der Waals surface area contributed by atoms with Crippen molar-refractivity contribution in [3.63, 3.8) is 0 Å². The Hall–Kier alpha value is -2.95. The van der Waals surface area contributed by atoms with Crippen molar-refractivity contribution in [1.29, 1.82) is 0 Å². The number of aromatic nitrogens is 2. The summed E-state index contributed by atoms with van der Waals surface area (Å²) >= 11 is 5.66. The summed E-state index contributed by atoms with van der Waals surface area (Å²) in [4.78, 5) is 39.4. The Balaban J connectivity index is 1.90. The van der Waals surface area contributed by atoms with E-state index in [1.54, 1.807) is 0 Å². The highest BCUT2D eigenvalue weighted by atomic mass is 35.5. The van der Waals surface area contributed by atoms with E-state index >= 15 is 0 Å². The van der Waals surface area contributed by atoms with E-state index in [9.17, 15) is 9.59 Å². The molecular formula is C10H12ClN9O2. The molecule has 22 heavy (non-hydrogen) atoms. The Morgan fingerprint density at radius 1 is 1.36 bits per heavy atom. The Bertz CT molecular complexity index is 660. The van der Waals surface area contributed by atoms with Gasteiger partial charge in [-0.2, -0.15) is 4.99 Å². The molecule has 1 aliphatic heterocycles. The molecule has 0 unspecified atom stereocenters. The van der Waals surface area contributed by atoms with Crippen molar-refractivity contribution in [2.45, 2.75) is 0 Å². The van der Waals surface area contributed by atoms with Crippen LogP contribution in [0.1, 0.15) is 10.5 Å². The maximum atomic E-state index is 11.8. The van der Waals surface area contributed by atoms with Gasteiger partial charge in [0.2, 0.25) is 0 Å². The first-order valence-electron chi connectivity index (χ1n) is 5.96. The van der Waals surface area contributed by atoms with Crippen LogP contribution in [0.2, 0.25) is 5.15 Å². The summed E-state index contributed by atoms with van der Waals surface area (Å²) in [6.07, 6.45) is 2.38. The van der Waals surface area contributed by atoms with Gasteiger partial charge in [0, 0.05) is 6.54 Å². The Morgan fingerprint density at radius 3 is 2.82 bits per heavy atom.